The first-order valence-electron chi connectivity index (χ1n) is 13.3. The third kappa shape index (κ3) is 3.92. The predicted octanol–water partition coefficient (Wildman–Crippen LogP) is 5.30. The summed E-state index contributed by atoms with van der Waals surface area (Å²) in [5.74, 6) is -1.22. The molecule has 1 heterocycles. The van der Waals surface area contributed by atoms with Gasteiger partial charge in [0, 0.05) is 11.8 Å². The zero-order valence-corrected chi connectivity index (χ0v) is 22.5. The number of ether oxygens (including phenoxy) is 3. The lowest BCUT2D eigenvalue weighted by molar-refractivity contribution is -0.122. The fraction of sp³-hybridized carbons (Fsp3) is 0.242. The van der Waals surface area contributed by atoms with Gasteiger partial charge in [0.15, 0.2) is 0 Å². The SMILES string of the molecule is CCOC(=O)c1ccccc1N1C(=O)[C@@H]2[C@@H](C1=O)[C@H]1C=C[C@H]2C1=C(c1ccc(OC)cc1)c1ccc(OC)cc1. The molecular weight excluding hydrogens is 506 g/mol. The summed E-state index contributed by atoms with van der Waals surface area (Å²) >= 11 is 0. The molecule has 1 aliphatic heterocycles. The topological polar surface area (TPSA) is 82.1 Å². The minimum atomic E-state index is -0.557. The first kappa shape index (κ1) is 25.6. The second-order valence-electron chi connectivity index (χ2n) is 10.0. The number of rotatable bonds is 7. The lowest BCUT2D eigenvalue weighted by Crippen LogP contribution is -2.34. The molecule has 2 fully saturated rings. The van der Waals surface area contributed by atoms with Gasteiger partial charge in [-0.25, -0.2) is 9.69 Å². The Morgan fingerprint density at radius 2 is 1.25 bits per heavy atom. The molecule has 3 aromatic carbocycles. The largest absolute Gasteiger partial charge is 0.497 e. The Hall–Kier alpha value is -4.65. The molecule has 0 radical (unpaired) electrons. The molecule has 7 heteroatoms. The number of amides is 2. The molecular formula is C33H29NO6. The fourth-order valence-corrected chi connectivity index (χ4v) is 6.40. The summed E-state index contributed by atoms with van der Waals surface area (Å²) in [7, 11) is 3.26. The van der Waals surface area contributed by atoms with Crippen molar-refractivity contribution in [2.24, 2.45) is 23.7 Å². The highest BCUT2D eigenvalue weighted by Crippen LogP contribution is 2.59. The first-order valence-corrected chi connectivity index (χ1v) is 13.3. The van der Waals surface area contributed by atoms with Crippen LogP contribution in [0.25, 0.3) is 5.57 Å². The molecule has 0 spiro atoms. The van der Waals surface area contributed by atoms with E-state index < -0.39 is 17.8 Å². The molecule has 0 N–H and O–H groups in total. The number of carbonyl (C=O) groups excluding carboxylic acids is 3. The lowest BCUT2D eigenvalue weighted by Gasteiger charge is -2.23. The molecule has 2 bridgehead atoms. The molecule has 40 heavy (non-hydrogen) atoms. The number of nitrogens with zero attached hydrogens (tertiary/aromatic N) is 1. The lowest BCUT2D eigenvalue weighted by atomic mass is 9.85. The number of methoxy groups -OCH3 is 2. The molecule has 0 aromatic heterocycles. The van der Waals surface area contributed by atoms with Crippen molar-refractivity contribution >= 4 is 29.0 Å². The van der Waals surface area contributed by atoms with Crippen LogP contribution < -0.4 is 14.4 Å². The number of hydrogen-bond acceptors (Lipinski definition) is 6. The highest BCUT2D eigenvalue weighted by Gasteiger charge is 2.62. The van der Waals surface area contributed by atoms with Crippen LogP contribution in [0.5, 0.6) is 11.5 Å². The first-order chi connectivity index (χ1) is 19.5. The van der Waals surface area contributed by atoms with Gasteiger partial charge in [0.05, 0.1) is 43.9 Å². The second kappa shape index (κ2) is 10.2. The normalized spacial score (nSPS) is 22.5. The maximum Gasteiger partial charge on any atom is 0.340 e. The maximum absolute atomic E-state index is 14.0. The molecule has 202 valence electrons. The number of carbonyl (C=O) groups is 3. The van der Waals surface area contributed by atoms with Crippen molar-refractivity contribution in [1.82, 2.24) is 0 Å². The van der Waals surface area contributed by atoms with Crippen molar-refractivity contribution in [3.8, 4) is 11.5 Å². The molecule has 1 saturated heterocycles. The Morgan fingerprint density at radius 3 is 1.73 bits per heavy atom. The summed E-state index contributed by atoms with van der Waals surface area (Å²) in [6, 6.07) is 22.3. The Morgan fingerprint density at radius 1 is 0.750 bits per heavy atom. The highest BCUT2D eigenvalue weighted by atomic mass is 16.5. The van der Waals surface area contributed by atoms with Gasteiger partial charge in [0.1, 0.15) is 11.5 Å². The van der Waals surface area contributed by atoms with Crippen molar-refractivity contribution in [2.75, 3.05) is 25.7 Å². The van der Waals surface area contributed by atoms with Crippen LogP contribution in [-0.4, -0.2) is 38.6 Å². The Kier molecular flexibility index (Phi) is 6.50. The van der Waals surface area contributed by atoms with E-state index in [1.807, 2.05) is 48.5 Å². The Labute approximate surface area is 232 Å². The van der Waals surface area contributed by atoms with E-state index in [4.69, 9.17) is 14.2 Å². The highest BCUT2D eigenvalue weighted by molar-refractivity contribution is 6.25. The molecule has 4 atom stereocenters. The number of para-hydroxylation sites is 1. The molecule has 0 unspecified atom stereocenters. The van der Waals surface area contributed by atoms with Gasteiger partial charge in [-0.1, -0.05) is 48.6 Å². The third-order valence-electron chi connectivity index (χ3n) is 8.10. The Bertz CT molecular complexity index is 1470. The zero-order chi connectivity index (χ0) is 28.0. The molecule has 3 aromatic rings. The van der Waals surface area contributed by atoms with Crippen LogP contribution in [0.15, 0.2) is 90.5 Å². The molecule has 7 nitrogen and oxygen atoms in total. The van der Waals surface area contributed by atoms with Gasteiger partial charge in [0.2, 0.25) is 11.8 Å². The summed E-state index contributed by atoms with van der Waals surface area (Å²) in [5, 5.41) is 0. The maximum atomic E-state index is 14.0. The minimum Gasteiger partial charge on any atom is -0.497 e. The number of imide groups is 1. The van der Waals surface area contributed by atoms with Crippen LogP contribution in [0, 0.1) is 23.7 Å². The molecule has 2 amide bonds. The summed E-state index contributed by atoms with van der Waals surface area (Å²) < 4.78 is 16.0. The summed E-state index contributed by atoms with van der Waals surface area (Å²) in [6.45, 7) is 1.92. The summed E-state index contributed by atoms with van der Waals surface area (Å²) in [4.78, 5) is 41.8. The van der Waals surface area contributed by atoms with E-state index in [-0.39, 0.29) is 41.5 Å². The molecule has 2 aliphatic carbocycles. The van der Waals surface area contributed by atoms with Gasteiger partial charge in [-0.3, -0.25) is 9.59 Å². The van der Waals surface area contributed by atoms with Crippen LogP contribution in [0.4, 0.5) is 5.69 Å². The van der Waals surface area contributed by atoms with E-state index >= 15 is 0 Å². The van der Waals surface area contributed by atoms with Crippen LogP contribution in [0.2, 0.25) is 0 Å². The monoisotopic (exact) mass is 535 g/mol. The Balaban J connectivity index is 1.45. The average Bonchev–Trinajstić information content (AvgIpc) is 3.62. The van der Waals surface area contributed by atoms with Gasteiger partial charge >= 0.3 is 5.97 Å². The number of fused-ring (bicyclic) bond motifs is 5. The van der Waals surface area contributed by atoms with E-state index in [9.17, 15) is 14.4 Å². The summed E-state index contributed by atoms with van der Waals surface area (Å²) in [5.41, 5.74) is 4.50. The zero-order valence-electron chi connectivity index (χ0n) is 22.5. The second-order valence-corrected chi connectivity index (χ2v) is 10.0. The number of benzene rings is 3. The van der Waals surface area contributed by atoms with Gasteiger partial charge < -0.3 is 14.2 Å². The van der Waals surface area contributed by atoms with Gasteiger partial charge in [-0.2, -0.15) is 0 Å². The van der Waals surface area contributed by atoms with Gasteiger partial charge in [-0.05, 0) is 65.6 Å². The van der Waals surface area contributed by atoms with Crippen LogP contribution in [0.3, 0.4) is 0 Å². The number of hydrogen-bond donors (Lipinski definition) is 0. The van der Waals surface area contributed by atoms with E-state index in [1.165, 1.54) is 4.90 Å². The summed E-state index contributed by atoms with van der Waals surface area (Å²) in [6.07, 6.45) is 4.11. The van der Waals surface area contributed by atoms with Gasteiger partial charge in [-0.15, -0.1) is 0 Å². The smallest absolute Gasteiger partial charge is 0.340 e. The van der Waals surface area contributed by atoms with E-state index in [1.54, 1.807) is 45.4 Å². The number of allylic oxidation sites excluding steroid dienone is 3. The van der Waals surface area contributed by atoms with Crippen molar-refractivity contribution in [3.05, 3.63) is 107 Å². The van der Waals surface area contributed by atoms with E-state index in [0.29, 0.717) is 0 Å². The molecule has 6 rings (SSSR count). The predicted molar refractivity (Wildman–Crippen MR) is 150 cm³/mol. The van der Waals surface area contributed by atoms with Gasteiger partial charge in [0.25, 0.3) is 0 Å². The number of esters is 1. The molecule has 1 saturated carbocycles. The quantitative estimate of drug-likeness (QED) is 0.232. The average molecular weight is 536 g/mol. The minimum absolute atomic E-state index is 0.196. The molecule has 3 aliphatic rings. The van der Waals surface area contributed by atoms with E-state index in [2.05, 4.69) is 12.2 Å². The fourth-order valence-electron chi connectivity index (χ4n) is 6.40. The van der Waals surface area contributed by atoms with Crippen LogP contribution in [0.1, 0.15) is 28.4 Å². The van der Waals surface area contributed by atoms with E-state index in [0.717, 1.165) is 33.8 Å². The van der Waals surface area contributed by atoms with Crippen molar-refractivity contribution in [1.29, 1.82) is 0 Å². The standard InChI is InChI=1S/C33H29NO6/c1-4-40-33(37)23-7-5-6-8-26(23)34-31(35)29-24-17-18-25(30(29)32(34)36)28(24)27(19-9-13-21(38-2)14-10-19)20-11-15-22(39-3)16-12-20/h5-18,24-25,29-30H,4H2,1-3H3/t24-,25-,29-,30-/m0/s1. The van der Waals surface area contributed by atoms with Crippen molar-refractivity contribution in [2.45, 2.75) is 6.92 Å². The number of anilines is 1. The van der Waals surface area contributed by atoms with Crippen LogP contribution >= 0.6 is 0 Å². The van der Waals surface area contributed by atoms with Crippen molar-refractivity contribution in [3.63, 3.8) is 0 Å². The van der Waals surface area contributed by atoms with Crippen LogP contribution in [-0.2, 0) is 14.3 Å². The van der Waals surface area contributed by atoms with Crippen molar-refractivity contribution < 1.29 is 28.6 Å². The third-order valence-corrected chi connectivity index (χ3v) is 8.10.